The van der Waals surface area contributed by atoms with Crippen LogP contribution < -0.4 is 4.90 Å². The van der Waals surface area contributed by atoms with Crippen LogP contribution in [0, 0.1) is 0 Å². The number of halogens is 1. The van der Waals surface area contributed by atoms with E-state index in [1.807, 2.05) is 13.1 Å². The van der Waals surface area contributed by atoms with E-state index in [0.717, 1.165) is 38.0 Å². The Labute approximate surface area is 106 Å². The average Bonchev–Trinajstić information content (AvgIpc) is 2.39. The van der Waals surface area contributed by atoms with Gasteiger partial charge < -0.3 is 9.64 Å². The van der Waals surface area contributed by atoms with E-state index in [2.05, 4.69) is 4.90 Å². The number of nitrogens with zero attached hydrogens (tertiary/aromatic N) is 1. The second-order valence-corrected chi connectivity index (χ2v) is 4.69. The minimum atomic E-state index is 0.461. The highest BCUT2D eigenvalue weighted by Gasteiger charge is 2.20. The smallest absolute Gasteiger partial charge is 0.150 e. The minimum Gasteiger partial charge on any atom is -0.381 e. The van der Waals surface area contributed by atoms with Crippen molar-refractivity contribution in [1.82, 2.24) is 0 Å². The second-order valence-electron chi connectivity index (χ2n) is 4.28. The van der Waals surface area contributed by atoms with Crippen molar-refractivity contribution in [3.8, 4) is 0 Å². The zero-order chi connectivity index (χ0) is 12.3. The molecular formula is C13H16ClNO2. The van der Waals surface area contributed by atoms with Crippen LogP contribution in [0.1, 0.15) is 23.2 Å². The van der Waals surface area contributed by atoms with Crippen molar-refractivity contribution in [3.05, 3.63) is 28.8 Å². The number of aldehydes is 1. The van der Waals surface area contributed by atoms with Crippen molar-refractivity contribution < 1.29 is 9.53 Å². The van der Waals surface area contributed by atoms with Gasteiger partial charge in [0.05, 0.1) is 10.7 Å². The molecule has 1 aromatic rings. The topological polar surface area (TPSA) is 29.5 Å². The molecule has 0 spiro atoms. The first-order valence-electron chi connectivity index (χ1n) is 5.77. The van der Waals surface area contributed by atoms with Crippen molar-refractivity contribution in [2.45, 2.75) is 18.9 Å². The molecule has 1 heterocycles. The molecule has 0 bridgehead atoms. The molecule has 1 saturated heterocycles. The monoisotopic (exact) mass is 253 g/mol. The number of anilines is 1. The van der Waals surface area contributed by atoms with Crippen molar-refractivity contribution in [2.24, 2.45) is 0 Å². The summed E-state index contributed by atoms with van der Waals surface area (Å²) in [6, 6.07) is 5.87. The molecule has 0 atom stereocenters. The third-order valence-corrected chi connectivity index (χ3v) is 3.53. The molecule has 0 amide bonds. The predicted molar refractivity (Wildman–Crippen MR) is 69.1 cm³/mol. The van der Waals surface area contributed by atoms with Crippen LogP contribution in [0.15, 0.2) is 18.2 Å². The molecule has 1 aliphatic rings. The highest BCUT2D eigenvalue weighted by molar-refractivity contribution is 6.33. The van der Waals surface area contributed by atoms with E-state index < -0.39 is 0 Å². The summed E-state index contributed by atoms with van der Waals surface area (Å²) in [4.78, 5) is 12.8. The fraction of sp³-hybridized carbons (Fsp3) is 0.462. The fourth-order valence-electron chi connectivity index (χ4n) is 2.15. The van der Waals surface area contributed by atoms with E-state index >= 15 is 0 Å². The van der Waals surface area contributed by atoms with Gasteiger partial charge in [-0.05, 0) is 31.0 Å². The Morgan fingerprint density at radius 1 is 1.41 bits per heavy atom. The lowest BCUT2D eigenvalue weighted by atomic mass is 10.1. The fourth-order valence-corrected chi connectivity index (χ4v) is 2.47. The van der Waals surface area contributed by atoms with Gasteiger partial charge >= 0.3 is 0 Å². The first kappa shape index (κ1) is 12.4. The number of ether oxygens (including phenoxy) is 1. The number of carbonyl (C=O) groups is 1. The van der Waals surface area contributed by atoms with Crippen LogP contribution in [-0.2, 0) is 4.74 Å². The van der Waals surface area contributed by atoms with Gasteiger partial charge in [0.15, 0.2) is 0 Å². The molecule has 0 radical (unpaired) electrons. The van der Waals surface area contributed by atoms with Gasteiger partial charge in [0.1, 0.15) is 6.29 Å². The Bertz CT molecular complexity index is 402. The molecule has 2 rings (SSSR count). The van der Waals surface area contributed by atoms with E-state index in [1.165, 1.54) is 0 Å². The summed E-state index contributed by atoms with van der Waals surface area (Å²) in [6.45, 7) is 1.61. The Balaban J connectivity index is 2.17. The molecule has 1 fully saturated rings. The molecular weight excluding hydrogens is 238 g/mol. The minimum absolute atomic E-state index is 0.461. The van der Waals surface area contributed by atoms with Crippen LogP contribution in [0.25, 0.3) is 0 Å². The normalized spacial score (nSPS) is 16.8. The van der Waals surface area contributed by atoms with Gasteiger partial charge in [-0.2, -0.15) is 0 Å². The molecule has 0 aliphatic carbocycles. The van der Waals surface area contributed by atoms with Gasteiger partial charge in [-0.1, -0.05) is 11.6 Å². The zero-order valence-corrected chi connectivity index (χ0v) is 10.6. The van der Waals surface area contributed by atoms with E-state index in [-0.39, 0.29) is 0 Å². The predicted octanol–water partition coefficient (Wildman–Crippen LogP) is 2.77. The van der Waals surface area contributed by atoms with E-state index in [0.29, 0.717) is 16.6 Å². The first-order chi connectivity index (χ1) is 8.22. The van der Waals surface area contributed by atoms with Crippen LogP contribution >= 0.6 is 11.6 Å². The Morgan fingerprint density at radius 3 is 2.71 bits per heavy atom. The highest BCUT2D eigenvalue weighted by Crippen LogP contribution is 2.29. The number of hydrogen-bond acceptors (Lipinski definition) is 3. The Hall–Kier alpha value is -1.06. The maximum absolute atomic E-state index is 10.7. The van der Waals surface area contributed by atoms with Crippen LogP contribution in [0.3, 0.4) is 0 Å². The summed E-state index contributed by atoms with van der Waals surface area (Å²) >= 11 is 6.19. The van der Waals surface area contributed by atoms with Gasteiger partial charge in [0.2, 0.25) is 0 Å². The average molecular weight is 254 g/mol. The van der Waals surface area contributed by atoms with E-state index in [9.17, 15) is 4.79 Å². The van der Waals surface area contributed by atoms with Gasteiger partial charge in [-0.25, -0.2) is 0 Å². The molecule has 0 N–H and O–H groups in total. The third-order valence-electron chi connectivity index (χ3n) is 3.23. The second kappa shape index (κ2) is 5.52. The summed E-state index contributed by atoms with van der Waals surface area (Å²) in [5.74, 6) is 0. The van der Waals surface area contributed by atoms with Crippen molar-refractivity contribution >= 4 is 23.6 Å². The first-order valence-corrected chi connectivity index (χ1v) is 6.15. The van der Waals surface area contributed by atoms with Crippen molar-refractivity contribution in [2.75, 3.05) is 25.2 Å². The van der Waals surface area contributed by atoms with E-state index in [1.54, 1.807) is 12.1 Å². The van der Waals surface area contributed by atoms with Crippen LogP contribution in [-0.4, -0.2) is 32.6 Å². The number of carbonyl (C=O) groups excluding carboxylic acids is 1. The van der Waals surface area contributed by atoms with Gasteiger partial charge in [0, 0.05) is 31.9 Å². The molecule has 1 aromatic carbocycles. The van der Waals surface area contributed by atoms with E-state index in [4.69, 9.17) is 16.3 Å². The summed E-state index contributed by atoms with van der Waals surface area (Å²) < 4.78 is 5.35. The number of benzene rings is 1. The van der Waals surface area contributed by atoms with Crippen molar-refractivity contribution in [1.29, 1.82) is 0 Å². The SMILES string of the molecule is CN(c1ccc(C=O)cc1Cl)C1CCOCC1. The number of rotatable bonds is 3. The standard InChI is InChI=1S/C13H16ClNO2/c1-15(11-4-6-17-7-5-11)13-3-2-10(9-16)8-12(13)14/h2-3,8-9,11H,4-7H2,1H3. The Kier molecular flexibility index (Phi) is 4.02. The van der Waals surface area contributed by atoms with Gasteiger partial charge in [-0.3, -0.25) is 4.79 Å². The summed E-state index contributed by atoms with van der Waals surface area (Å²) in [6.07, 6.45) is 2.84. The molecule has 0 unspecified atom stereocenters. The van der Waals surface area contributed by atoms with Gasteiger partial charge in [-0.15, -0.1) is 0 Å². The highest BCUT2D eigenvalue weighted by atomic mass is 35.5. The molecule has 4 heteroatoms. The summed E-state index contributed by atoms with van der Waals surface area (Å²) in [5.41, 5.74) is 1.59. The maximum atomic E-state index is 10.7. The van der Waals surface area contributed by atoms with Crippen LogP contribution in [0.4, 0.5) is 5.69 Å². The quantitative estimate of drug-likeness (QED) is 0.776. The molecule has 0 saturated carbocycles. The lowest BCUT2D eigenvalue weighted by molar-refractivity contribution is 0.0855. The lowest BCUT2D eigenvalue weighted by Crippen LogP contribution is -2.36. The molecule has 17 heavy (non-hydrogen) atoms. The number of hydrogen-bond donors (Lipinski definition) is 0. The van der Waals surface area contributed by atoms with Gasteiger partial charge in [0.25, 0.3) is 0 Å². The lowest BCUT2D eigenvalue weighted by Gasteiger charge is -2.33. The van der Waals surface area contributed by atoms with Crippen LogP contribution in [0.2, 0.25) is 5.02 Å². The molecule has 92 valence electrons. The summed E-state index contributed by atoms with van der Waals surface area (Å²) in [5, 5.41) is 0.628. The maximum Gasteiger partial charge on any atom is 0.150 e. The molecule has 3 nitrogen and oxygen atoms in total. The summed E-state index contributed by atoms with van der Waals surface area (Å²) in [7, 11) is 2.04. The molecule has 1 aliphatic heterocycles. The Morgan fingerprint density at radius 2 is 2.12 bits per heavy atom. The zero-order valence-electron chi connectivity index (χ0n) is 9.86. The van der Waals surface area contributed by atoms with Crippen molar-refractivity contribution in [3.63, 3.8) is 0 Å². The van der Waals surface area contributed by atoms with Crippen LogP contribution in [0.5, 0.6) is 0 Å². The third kappa shape index (κ3) is 2.79. The molecule has 0 aromatic heterocycles. The largest absolute Gasteiger partial charge is 0.381 e.